The molecule has 148 valence electrons. The summed E-state index contributed by atoms with van der Waals surface area (Å²) in [7, 11) is 1.39. The van der Waals surface area contributed by atoms with Crippen LogP contribution in [0.15, 0.2) is 42.5 Å². The summed E-state index contributed by atoms with van der Waals surface area (Å²) in [5.74, 6) is -0.190. The molecule has 0 heterocycles. The van der Waals surface area contributed by atoms with Gasteiger partial charge < -0.3 is 20.1 Å². The topological polar surface area (TPSA) is 120 Å². The number of nitro benzene ring substituents is 1. The van der Waals surface area contributed by atoms with E-state index in [1.807, 2.05) is 0 Å². The molecule has 0 fully saturated rings. The van der Waals surface area contributed by atoms with Crippen LogP contribution in [0.4, 0.5) is 17.1 Å². The Morgan fingerprint density at radius 3 is 2.50 bits per heavy atom. The molecule has 2 rings (SSSR count). The lowest BCUT2D eigenvalue weighted by Gasteiger charge is -2.11. The molecule has 0 aliphatic carbocycles. The first-order valence-corrected chi connectivity index (χ1v) is 8.46. The number of methoxy groups -OCH3 is 1. The highest BCUT2D eigenvalue weighted by Gasteiger charge is 2.17. The number of carbonyl (C=O) groups excluding carboxylic acids is 2. The minimum absolute atomic E-state index is 0.0392. The van der Waals surface area contributed by atoms with Crippen LogP contribution in [-0.4, -0.2) is 30.5 Å². The molecular weight excluding hydrogens is 366 g/mol. The van der Waals surface area contributed by atoms with E-state index in [9.17, 15) is 19.7 Å². The van der Waals surface area contributed by atoms with Crippen molar-refractivity contribution >= 4 is 28.9 Å². The van der Waals surface area contributed by atoms with Crippen molar-refractivity contribution in [3.8, 4) is 11.5 Å². The van der Waals surface area contributed by atoms with Crippen LogP contribution in [0.25, 0.3) is 0 Å². The Morgan fingerprint density at radius 2 is 1.86 bits per heavy atom. The molecule has 9 heteroatoms. The minimum atomic E-state index is -0.611. The molecular formula is C19H21N3O6. The first kappa shape index (κ1) is 20.7. The molecule has 0 radical (unpaired) electrons. The number of benzene rings is 2. The number of ether oxygens (including phenoxy) is 2. The lowest BCUT2D eigenvalue weighted by molar-refractivity contribution is -0.384. The van der Waals surface area contributed by atoms with Gasteiger partial charge in [-0.05, 0) is 24.3 Å². The first-order valence-electron chi connectivity index (χ1n) is 8.46. The van der Waals surface area contributed by atoms with Crippen LogP contribution in [0.3, 0.4) is 0 Å². The Kier molecular flexibility index (Phi) is 6.91. The second-order valence-electron chi connectivity index (χ2n) is 6.15. The molecule has 0 atom stereocenters. The number of nitrogens with zero attached hydrogens (tertiary/aromatic N) is 1. The van der Waals surface area contributed by atoms with E-state index in [0.717, 1.165) is 0 Å². The van der Waals surface area contributed by atoms with Gasteiger partial charge in [0.1, 0.15) is 17.2 Å². The molecule has 0 unspecified atom stereocenters. The Hall–Kier alpha value is -3.62. The predicted octanol–water partition coefficient (Wildman–Crippen LogP) is 3.22. The van der Waals surface area contributed by atoms with E-state index >= 15 is 0 Å². The molecule has 0 bridgehead atoms. The zero-order valence-corrected chi connectivity index (χ0v) is 15.7. The van der Waals surface area contributed by atoms with Gasteiger partial charge in [0.05, 0.1) is 18.1 Å². The van der Waals surface area contributed by atoms with E-state index in [-0.39, 0.29) is 29.8 Å². The second kappa shape index (κ2) is 9.36. The van der Waals surface area contributed by atoms with Crippen molar-refractivity contribution in [1.29, 1.82) is 0 Å². The highest BCUT2D eigenvalue weighted by molar-refractivity contribution is 5.94. The zero-order chi connectivity index (χ0) is 20.7. The number of nitrogens with one attached hydrogen (secondary N) is 2. The summed E-state index contributed by atoms with van der Waals surface area (Å²) in [6.07, 6.45) is 0. The Labute approximate surface area is 161 Å². The highest BCUT2D eigenvalue weighted by atomic mass is 16.6. The fourth-order valence-electron chi connectivity index (χ4n) is 2.18. The number of carbonyl (C=O) groups is 2. The average Bonchev–Trinajstić information content (AvgIpc) is 2.66. The van der Waals surface area contributed by atoms with Gasteiger partial charge in [0, 0.05) is 17.7 Å². The summed E-state index contributed by atoms with van der Waals surface area (Å²) in [5, 5.41) is 16.3. The Balaban J connectivity index is 2.00. The largest absolute Gasteiger partial charge is 0.496 e. The van der Waals surface area contributed by atoms with Crippen molar-refractivity contribution < 1.29 is 24.0 Å². The van der Waals surface area contributed by atoms with Crippen molar-refractivity contribution in [2.45, 2.75) is 13.8 Å². The molecule has 0 aliphatic rings. The van der Waals surface area contributed by atoms with Gasteiger partial charge in [-0.2, -0.15) is 0 Å². The van der Waals surface area contributed by atoms with E-state index in [0.29, 0.717) is 17.2 Å². The number of hydrogen-bond acceptors (Lipinski definition) is 6. The normalized spacial score (nSPS) is 10.3. The summed E-state index contributed by atoms with van der Waals surface area (Å²) in [5.41, 5.74) is 0.297. The van der Waals surface area contributed by atoms with Crippen LogP contribution in [0.5, 0.6) is 11.5 Å². The first-order chi connectivity index (χ1) is 13.3. The van der Waals surface area contributed by atoms with Crippen LogP contribution < -0.4 is 20.1 Å². The minimum Gasteiger partial charge on any atom is -0.496 e. The summed E-state index contributed by atoms with van der Waals surface area (Å²) in [6, 6.07) is 10.7. The SMILES string of the molecule is COc1ccc(NC(=O)COc2cccc(NC(=O)C(C)C)c2)c([N+](=O)[O-])c1. The van der Waals surface area contributed by atoms with Gasteiger partial charge >= 0.3 is 0 Å². The van der Waals surface area contributed by atoms with E-state index in [4.69, 9.17) is 9.47 Å². The molecule has 2 amide bonds. The molecule has 0 aliphatic heterocycles. The summed E-state index contributed by atoms with van der Waals surface area (Å²) in [6.45, 7) is 3.20. The molecule has 2 aromatic rings. The summed E-state index contributed by atoms with van der Waals surface area (Å²) >= 11 is 0. The van der Waals surface area contributed by atoms with E-state index in [1.165, 1.54) is 25.3 Å². The van der Waals surface area contributed by atoms with Crippen molar-refractivity contribution in [2.75, 3.05) is 24.4 Å². The van der Waals surface area contributed by atoms with E-state index < -0.39 is 10.8 Å². The second-order valence-corrected chi connectivity index (χ2v) is 6.15. The highest BCUT2D eigenvalue weighted by Crippen LogP contribution is 2.29. The van der Waals surface area contributed by atoms with Crippen molar-refractivity contribution in [1.82, 2.24) is 0 Å². The zero-order valence-electron chi connectivity index (χ0n) is 15.7. The monoisotopic (exact) mass is 387 g/mol. The maximum absolute atomic E-state index is 12.1. The third-order valence-corrected chi connectivity index (χ3v) is 3.67. The number of amides is 2. The Morgan fingerprint density at radius 1 is 1.11 bits per heavy atom. The number of anilines is 2. The van der Waals surface area contributed by atoms with Gasteiger partial charge in [-0.25, -0.2) is 0 Å². The quantitative estimate of drug-likeness (QED) is 0.530. The van der Waals surface area contributed by atoms with Crippen LogP contribution in [0.2, 0.25) is 0 Å². The van der Waals surface area contributed by atoms with Crippen molar-refractivity contribution in [2.24, 2.45) is 5.92 Å². The van der Waals surface area contributed by atoms with Gasteiger partial charge in [0.25, 0.3) is 11.6 Å². The molecule has 9 nitrogen and oxygen atoms in total. The maximum atomic E-state index is 12.1. The number of hydrogen-bond donors (Lipinski definition) is 2. The van der Waals surface area contributed by atoms with Gasteiger partial charge in [0.15, 0.2) is 6.61 Å². The summed E-state index contributed by atoms with van der Waals surface area (Å²) < 4.78 is 10.4. The van der Waals surface area contributed by atoms with Crippen molar-refractivity contribution in [3.63, 3.8) is 0 Å². The molecule has 0 saturated carbocycles. The molecule has 0 aromatic heterocycles. The van der Waals surface area contributed by atoms with Crippen LogP contribution in [-0.2, 0) is 9.59 Å². The average molecular weight is 387 g/mol. The third kappa shape index (κ3) is 5.70. The van der Waals surface area contributed by atoms with Crippen molar-refractivity contribution in [3.05, 3.63) is 52.6 Å². The number of rotatable bonds is 8. The van der Waals surface area contributed by atoms with E-state index in [1.54, 1.807) is 38.1 Å². The van der Waals surface area contributed by atoms with Gasteiger partial charge in [0.2, 0.25) is 5.91 Å². The lowest BCUT2D eigenvalue weighted by Crippen LogP contribution is -2.21. The molecule has 2 N–H and O–H groups in total. The fourth-order valence-corrected chi connectivity index (χ4v) is 2.18. The molecule has 2 aromatic carbocycles. The Bertz CT molecular complexity index is 882. The standard InChI is InChI=1S/C19H21N3O6/c1-12(2)19(24)20-13-5-4-6-15(9-13)28-11-18(23)21-16-8-7-14(27-3)10-17(16)22(25)26/h4-10,12H,11H2,1-3H3,(H,20,24)(H,21,23). The van der Waals surface area contributed by atoms with Crippen LogP contribution in [0, 0.1) is 16.0 Å². The molecule has 28 heavy (non-hydrogen) atoms. The van der Waals surface area contributed by atoms with Gasteiger partial charge in [-0.3, -0.25) is 19.7 Å². The smallest absolute Gasteiger partial charge is 0.296 e. The molecule has 0 spiro atoms. The lowest BCUT2D eigenvalue weighted by atomic mass is 10.2. The van der Waals surface area contributed by atoms with Gasteiger partial charge in [-0.15, -0.1) is 0 Å². The maximum Gasteiger partial charge on any atom is 0.296 e. The van der Waals surface area contributed by atoms with Crippen LogP contribution >= 0.6 is 0 Å². The van der Waals surface area contributed by atoms with E-state index in [2.05, 4.69) is 10.6 Å². The fraction of sp³-hybridized carbons (Fsp3) is 0.263. The third-order valence-electron chi connectivity index (χ3n) is 3.67. The number of nitro groups is 1. The summed E-state index contributed by atoms with van der Waals surface area (Å²) in [4.78, 5) is 34.4. The van der Waals surface area contributed by atoms with Crippen LogP contribution in [0.1, 0.15) is 13.8 Å². The predicted molar refractivity (Wildman–Crippen MR) is 104 cm³/mol. The molecule has 0 saturated heterocycles. The van der Waals surface area contributed by atoms with Gasteiger partial charge in [-0.1, -0.05) is 19.9 Å².